The molecule has 0 saturated carbocycles. The maximum atomic E-state index is 12.2. The number of nitrogens with zero attached hydrogens (tertiary/aromatic N) is 4. The molecule has 0 aliphatic carbocycles. The van der Waals surface area contributed by atoms with Gasteiger partial charge in [-0.05, 0) is 58.5 Å². The highest BCUT2D eigenvalue weighted by Crippen LogP contribution is 2.32. The van der Waals surface area contributed by atoms with Crippen LogP contribution in [0.25, 0.3) is 5.69 Å². The fourth-order valence-corrected chi connectivity index (χ4v) is 2.05. The molecule has 0 spiro atoms. The van der Waals surface area contributed by atoms with E-state index in [0.717, 1.165) is 0 Å². The standard InChI is InChI=1S/C11H11BrF3N5O/c1-6(16-2)10-17-18-19-20(10)7-3-4-9(8(12)5-7)21-11(13,14)15/h3-6,16H,1-2H3. The van der Waals surface area contributed by atoms with Crippen LogP contribution >= 0.6 is 15.9 Å². The van der Waals surface area contributed by atoms with Gasteiger partial charge >= 0.3 is 6.36 Å². The molecule has 0 radical (unpaired) electrons. The highest BCUT2D eigenvalue weighted by atomic mass is 79.9. The third-order valence-corrected chi connectivity index (χ3v) is 3.32. The minimum atomic E-state index is -4.75. The van der Waals surface area contributed by atoms with Gasteiger partial charge in [0.2, 0.25) is 0 Å². The predicted molar refractivity (Wildman–Crippen MR) is 71.0 cm³/mol. The van der Waals surface area contributed by atoms with Gasteiger partial charge in [-0.3, -0.25) is 0 Å². The molecular weight excluding hydrogens is 355 g/mol. The molecule has 1 aromatic carbocycles. The zero-order chi connectivity index (χ0) is 15.6. The van der Waals surface area contributed by atoms with Gasteiger partial charge in [0.1, 0.15) is 5.75 Å². The lowest BCUT2D eigenvalue weighted by Gasteiger charge is -2.13. The van der Waals surface area contributed by atoms with Gasteiger partial charge in [0.15, 0.2) is 5.82 Å². The number of ether oxygens (including phenoxy) is 1. The van der Waals surface area contributed by atoms with Crippen LogP contribution in [-0.4, -0.2) is 33.6 Å². The lowest BCUT2D eigenvalue weighted by atomic mass is 10.2. The summed E-state index contributed by atoms with van der Waals surface area (Å²) in [4.78, 5) is 0. The molecule has 6 nitrogen and oxygen atoms in total. The van der Waals surface area contributed by atoms with E-state index >= 15 is 0 Å². The van der Waals surface area contributed by atoms with E-state index in [1.807, 2.05) is 6.92 Å². The predicted octanol–water partition coefficient (Wildman–Crippen LogP) is 2.60. The molecule has 1 aromatic heterocycles. The van der Waals surface area contributed by atoms with Crippen LogP contribution < -0.4 is 10.1 Å². The highest BCUT2D eigenvalue weighted by molar-refractivity contribution is 9.10. The van der Waals surface area contributed by atoms with E-state index in [1.54, 1.807) is 7.05 Å². The van der Waals surface area contributed by atoms with Crippen LogP contribution in [0.4, 0.5) is 13.2 Å². The first-order valence-electron chi connectivity index (χ1n) is 5.83. The molecule has 0 aliphatic rings. The Balaban J connectivity index is 2.35. The number of hydrogen-bond donors (Lipinski definition) is 1. The Kier molecular flexibility index (Phi) is 4.47. The fourth-order valence-electron chi connectivity index (χ4n) is 1.61. The van der Waals surface area contributed by atoms with Crippen molar-refractivity contribution in [2.75, 3.05) is 7.05 Å². The van der Waals surface area contributed by atoms with Gasteiger partial charge in [-0.1, -0.05) is 0 Å². The second-order valence-electron chi connectivity index (χ2n) is 4.12. The maximum absolute atomic E-state index is 12.2. The van der Waals surface area contributed by atoms with Crippen molar-refractivity contribution in [1.29, 1.82) is 0 Å². The van der Waals surface area contributed by atoms with Crippen LogP contribution in [0.5, 0.6) is 5.75 Å². The minimum Gasteiger partial charge on any atom is -0.405 e. The molecule has 1 heterocycles. The third-order valence-electron chi connectivity index (χ3n) is 2.70. The van der Waals surface area contributed by atoms with E-state index in [1.165, 1.54) is 22.9 Å². The zero-order valence-corrected chi connectivity index (χ0v) is 12.6. The summed E-state index contributed by atoms with van der Waals surface area (Å²) in [6.07, 6.45) is -4.75. The summed E-state index contributed by atoms with van der Waals surface area (Å²) in [7, 11) is 1.75. The Hall–Kier alpha value is -1.68. The lowest BCUT2D eigenvalue weighted by molar-refractivity contribution is -0.274. The van der Waals surface area contributed by atoms with Crippen molar-refractivity contribution in [2.45, 2.75) is 19.3 Å². The average Bonchev–Trinajstić information content (AvgIpc) is 2.88. The quantitative estimate of drug-likeness (QED) is 0.901. The Labute approximate surface area is 126 Å². The molecule has 0 saturated heterocycles. The van der Waals surface area contributed by atoms with Crippen molar-refractivity contribution in [2.24, 2.45) is 0 Å². The molecule has 1 atom stereocenters. The molecular formula is C11H11BrF3N5O. The smallest absolute Gasteiger partial charge is 0.405 e. The summed E-state index contributed by atoms with van der Waals surface area (Å²) in [6, 6.07) is 3.96. The van der Waals surface area contributed by atoms with Gasteiger partial charge in [-0.25, -0.2) is 0 Å². The number of aromatic nitrogens is 4. The van der Waals surface area contributed by atoms with Crippen LogP contribution in [0, 0.1) is 0 Å². The lowest BCUT2D eigenvalue weighted by Crippen LogP contribution is -2.18. The van der Waals surface area contributed by atoms with Crippen molar-refractivity contribution < 1.29 is 17.9 Å². The second kappa shape index (κ2) is 5.98. The van der Waals surface area contributed by atoms with Crippen molar-refractivity contribution in [1.82, 2.24) is 25.5 Å². The summed E-state index contributed by atoms with van der Waals surface area (Å²) in [5, 5.41) is 14.3. The highest BCUT2D eigenvalue weighted by Gasteiger charge is 2.32. The topological polar surface area (TPSA) is 64.9 Å². The Morgan fingerprint density at radius 2 is 2.10 bits per heavy atom. The van der Waals surface area contributed by atoms with Crippen LogP contribution in [-0.2, 0) is 0 Å². The van der Waals surface area contributed by atoms with E-state index in [2.05, 4.69) is 41.5 Å². The van der Waals surface area contributed by atoms with Gasteiger partial charge < -0.3 is 10.1 Å². The van der Waals surface area contributed by atoms with Gasteiger partial charge in [-0.15, -0.1) is 18.3 Å². The molecule has 114 valence electrons. The Morgan fingerprint density at radius 1 is 1.38 bits per heavy atom. The normalized spacial score (nSPS) is 13.2. The number of halogens is 4. The van der Waals surface area contributed by atoms with Crippen molar-refractivity contribution in [3.8, 4) is 11.4 Å². The van der Waals surface area contributed by atoms with Crippen molar-refractivity contribution >= 4 is 15.9 Å². The summed E-state index contributed by atoms with van der Waals surface area (Å²) in [5.74, 6) is 0.205. The first kappa shape index (κ1) is 15.7. The van der Waals surface area contributed by atoms with Gasteiger partial charge in [0.05, 0.1) is 16.2 Å². The Morgan fingerprint density at radius 3 is 2.67 bits per heavy atom. The van der Waals surface area contributed by atoms with E-state index in [4.69, 9.17) is 0 Å². The molecule has 21 heavy (non-hydrogen) atoms. The molecule has 1 unspecified atom stereocenters. The molecule has 10 heteroatoms. The SMILES string of the molecule is CNC(C)c1nnnn1-c1ccc(OC(F)(F)F)c(Br)c1. The van der Waals surface area contributed by atoms with Crippen LogP contribution in [0.1, 0.15) is 18.8 Å². The van der Waals surface area contributed by atoms with Crippen molar-refractivity contribution in [3.63, 3.8) is 0 Å². The van der Waals surface area contributed by atoms with Crippen molar-refractivity contribution in [3.05, 3.63) is 28.5 Å². The number of hydrogen-bond acceptors (Lipinski definition) is 5. The Bertz CT molecular complexity index is 631. The summed E-state index contributed by atoms with van der Waals surface area (Å²) < 4.78 is 42.1. The number of tetrazole rings is 1. The molecule has 0 amide bonds. The number of alkyl halides is 3. The second-order valence-corrected chi connectivity index (χ2v) is 4.98. The van der Waals surface area contributed by atoms with E-state index < -0.39 is 6.36 Å². The summed E-state index contributed by atoms with van der Waals surface area (Å²) in [6.45, 7) is 1.86. The van der Waals surface area contributed by atoms with Gasteiger partial charge in [0.25, 0.3) is 0 Å². The van der Waals surface area contributed by atoms with Gasteiger partial charge in [0, 0.05) is 0 Å². The summed E-state index contributed by atoms with van der Waals surface area (Å²) >= 11 is 3.04. The summed E-state index contributed by atoms with van der Waals surface area (Å²) in [5.41, 5.74) is 0.512. The molecule has 0 aliphatic heterocycles. The van der Waals surface area contributed by atoms with Crippen LogP contribution in [0.15, 0.2) is 22.7 Å². The van der Waals surface area contributed by atoms with Crippen LogP contribution in [0.3, 0.4) is 0 Å². The van der Waals surface area contributed by atoms with E-state index in [-0.39, 0.29) is 16.3 Å². The van der Waals surface area contributed by atoms with Gasteiger partial charge in [-0.2, -0.15) is 4.68 Å². The average molecular weight is 366 g/mol. The molecule has 0 bridgehead atoms. The van der Waals surface area contributed by atoms with Crippen LogP contribution in [0.2, 0.25) is 0 Å². The third kappa shape index (κ3) is 3.70. The minimum absolute atomic E-state index is 0.120. The number of nitrogens with one attached hydrogen (secondary N) is 1. The molecule has 1 N–H and O–H groups in total. The monoisotopic (exact) mass is 365 g/mol. The van der Waals surface area contributed by atoms with E-state index in [0.29, 0.717) is 11.5 Å². The molecule has 2 aromatic rings. The van der Waals surface area contributed by atoms with E-state index in [9.17, 15) is 13.2 Å². The first-order chi connectivity index (χ1) is 9.81. The maximum Gasteiger partial charge on any atom is 0.573 e. The molecule has 2 rings (SSSR count). The first-order valence-corrected chi connectivity index (χ1v) is 6.62. The number of rotatable bonds is 4. The zero-order valence-electron chi connectivity index (χ0n) is 11.0. The number of benzene rings is 1. The fraction of sp³-hybridized carbons (Fsp3) is 0.364. The largest absolute Gasteiger partial charge is 0.573 e. The molecule has 0 fully saturated rings.